The van der Waals surface area contributed by atoms with Gasteiger partial charge >= 0.3 is 0 Å². The summed E-state index contributed by atoms with van der Waals surface area (Å²) in [4.78, 5) is 11.9. The first-order valence-corrected chi connectivity index (χ1v) is 12.2. The highest BCUT2D eigenvalue weighted by Gasteiger charge is 2.23. The van der Waals surface area contributed by atoms with Crippen LogP contribution in [0.15, 0.2) is 60.7 Å². The van der Waals surface area contributed by atoms with Gasteiger partial charge in [0.1, 0.15) is 29.2 Å². The molecule has 1 saturated heterocycles. The van der Waals surface area contributed by atoms with Crippen LogP contribution >= 0.6 is 11.6 Å². The fourth-order valence-electron chi connectivity index (χ4n) is 4.06. The quantitative estimate of drug-likeness (QED) is 0.262. The summed E-state index contributed by atoms with van der Waals surface area (Å²) >= 11 is 6.24. The highest BCUT2D eigenvalue weighted by atomic mass is 35.5. The fraction of sp³-hybridized carbons (Fsp3) is 0.321. The van der Waals surface area contributed by atoms with Gasteiger partial charge in [-0.3, -0.25) is 4.79 Å². The summed E-state index contributed by atoms with van der Waals surface area (Å²) in [6, 6.07) is 18.8. The van der Waals surface area contributed by atoms with E-state index in [0.717, 1.165) is 36.0 Å². The van der Waals surface area contributed by atoms with Crippen LogP contribution in [0.25, 0.3) is 0 Å². The standard InChI is InChI=1S/C28H30ClNO5/c1-2-23(31)22-13-14-24(26(29)27(22)32)34-17-18-9-11-19(12-10-18)28(20-6-5-7-21(30)16-20)35-25-8-3-4-15-33-25/h5-7,9-14,16,25,28,32H,2-4,8,15,17,30H2,1H3. The van der Waals surface area contributed by atoms with Gasteiger partial charge in [0, 0.05) is 18.7 Å². The van der Waals surface area contributed by atoms with E-state index in [1.165, 1.54) is 6.07 Å². The molecule has 0 aliphatic carbocycles. The smallest absolute Gasteiger partial charge is 0.166 e. The number of phenolic OH excluding ortho intramolecular Hbond substituents is 1. The summed E-state index contributed by atoms with van der Waals surface area (Å²) in [5, 5.41) is 10.3. The molecule has 6 nitrogen and oxygen atoms in total. The minimum absolute atomic E-state index is 0.0310. The van der Waals surface area contributed by atoms with Crippen LogP contribution in [0.2, 0.25) is 5.02 Å². The fourth-order valence-corrected chi connectivity index (χ4v) is 4.28. The lowest BCUT2D eigenvalue weighted by Gasteiger charge is -2.28. The molecule has 1 heterocycles. The number of hydrogen-bond acceptors (Lipinski definition) is 6. The van der Waals surface area contributed by atoms with Gasteiger partial charge in [-0.25, -0.2) is 0 Å². The molecule has 1 aliphatic heterocycles. The number of ether oxygens (including phenoxy) is 3. The number of carbonyl (C=O) groups excluding carboxylic acids is 1. The van der Waals surface area contributed by atoms with E-state index in [-0.39, 0.29) is 47.5 Å². The SMILES string of the molecule is CCC(=O)c1ccc(OCc2ccc(C(OC3CCCCO3)c3cccc(N)c3)cc2)c(Cl)c1O. The van der Waals surface area contributed by atoms with Gasteiger partial charge in [-0.15, -0.1) is 0 Å². The zero-order chi connectivity index (χ0) is 24.8. The molecule has 4 rings (SSSR count). The van der Waals surface area contributed by atoms with Crippen LogP contribution in [-0.2, 0) is 16.1 Å². The van der Waals surface area contributed by atoms with E-state index < -0.39 is 0 Å². The number of nitrogens with two attached hydrogens (primary N) is 1. The minimum Gasteiger partial charge on any atom is -0.505 e. The lowest BCUT2D eigenvalue weighted by Crippen LogP contribution is -2.25. The number of hydrogen-bond donors (Lipinski definition) is 2. The molecule has 1 fully saturated rings. The number of anilines is 1. The van der Waals surface area contributed by atoms with Crippen LogP contribution < -0.4 is 10.5 Å². The van der Waals surface area contributed by atoms with Crippen molar-refractivity contribution >= 4 is 23.1 Å². The molecule has 3 aromatic carbocycles. The third kappa shape index (κ3) is 6.14. The largest absolute Gasteiger partial charge is 0.505 e. The van der Waals surface area contributed by atoms with Crippen molar-refractivity contribution in [2.24, 2.45) is 0 Å². The molecule has 35 heavy (non-hydrogen) atoms. The zero-order valence-corrected chi connectivity index (χ0v) is 20.5. The Morgan fingerprint density at radius 2 is 1.94 bits per heavy atom. The predicted octanol–water partition coefficient (Wildman–Crippen LogP) is 6.43. The van der Waals surface area contributed by atoms with Gasteiger partial charge in [-0.1, -0.05) is 54.9 Å². The van der Waals surface area contributed by atoms with Crippen LogP contribution in [0, 0.1) is 0 Å². The molecule has 3 N–H and O–H groups in total. The predicted molar refractivity (Wildman–Crippen MR) is 136 cm³/mol. The summed E-state index contributed by atoms with van der Waals surface area (Å²) in [7, 11) is 0. The maximum atomic E-state index is 11.9. The van der Waals surface area contributed by atoms with Gasteiger partial charge in [0.25, 0.3) is 0 Å². The number of rotatable bonds is 9. The van der Waals surface area contributed by atoms with Crippen molar-refractivity contribution in [3.8, 4) is 11.5 Å². The van der Waals surface area contributed by atoms with Crippen LogP contribution in [0.3, 0.4) is 0 Å². The van der Waals surface area contributed by atoms with E-state index in [9.17, 15) is 9.90 Å². The van der Waals surface area contributed by atoms with Crippen LogP contribution in [0.1, 0.15) is 65.8 Å². The highest BCUT2D eigenvalue weighted by Crippen LogP contribution is 2.37. The molecule has 184 valence electrons. The number of nitrogen functional groups attached to an aromatic ring is 1. The first-order chi connectivity index (χ1) is 17.0. The van der Waals surface area contributed by atoms with Gasteiger partial charge in [-0.2, -0.15) is 0 Å². The van der Waals surface area contributed by atoms with Crippen molar-refractivity contribution in [1.29, 1.82) is 0 Å². The lowest BCUT2D eigenvalue weighted by atomic mass is 9.99. The van der Waals surface area contributed by atoms with Crippen molar-refractivity contribution in [3.05, 3.63) is 87.9 Å². The van der Waals surface area contributed by atoms with Crippen LogP contribution in [-0.4, -0.2) is 23.8 Å². The second-order valence-corrected chi connectivity index (χ2v) is 8.94. The number of aromatic hydroxyl groups is 1. The number of halogens is 1. The van der Waals surface area contributed by atoms with Crippen LogP contribution in [0.5, 0.6) is 11.5 Å². The monoisotopic (exact) mass is 495 g/mol. The molecule has 2 unspecified atom stereocenters. The molecule has 0 bridgehead atoms. The van der Waals surface area contributed by atoms with Crippen molar-refractivity contribution in [2.75, 3.05) is 12.3 Å². The van der Waals surface area contributed by atoms with Gasteiger partial charge in [0.05, 0.1) is 5.56 Å². The first kappa shape index (κ1) is 25.0. The minimum atomic E-state index is -0.313. The third-order valence-electron chi connectivity index (χ3n) is 6.02. The van der Waals surface area contributed by atoms with E-state index >= 15 is 0 Å². The average Bonchev–Trinajstić information content (AvgIpc) is 2.89. The Labute approximate surface area is 210 Å². The summed E-state index contributed by atoms with van der Waals surface area (Å²) in [5.74, 6) is -0.114. The van der Waals surface area contributed by atoms with Gasteiger partial charge in [0.15, 0.2) is 12.1 Å². The first-order valence-electron chi connectivity index (χ1n) is 11.8. The van der Waals surface area contributed by atoms with E-state index in [1.54, 1.807) is 13.0 Å². The normalized spacial score (nSPS) is 16.6. The summed E-state index contributed by atoms with van der Waals surface area (Å²) < 4.78 is 18.0. The van der Waals surface area contributed by atoms with Gasteiger partial charge in [-0.05, 0) is 60.2 Å². The third-order valence-corrected chi connectivity index (χ3v) is 6.38. The Morgan fingerprint density at radius 1 is 1.14 bits per heavy atom. The molecule has 7 heteroatoms. The van der Waals surface area contributed by atoms with E-state index in [0.29, 0.717) is 18.0 Å². The van der Waals surface area contributed by atoms with Gasteiger partial charge < -0.3 is 25.1 Å². The van der Waals surface area contributed by atoms with E-state index in [4.69, 9.17) is 31.5 Å². The Hall–Kier alpha value is -3.06. The molecule has 0 amide bonds. The average molecular weight is 496 g/mol. The number of carbonyl (C=O) groups is 1. The van der Waals surface area contributed by atoms with Crippen molar-refractivity contribution < 1.29 is 24.1 Å². The van der Waals surface area contributed by atoms with E-state index in [2.05, 4.69) is 0 Å². The molecule has 0 radical (unpaired) electrons. The van der Waals surface area contributed by atoms with Gasteiger partial charge in [0.2, 0.25) is 0 Å². The molecule has 3 aromatic rings. The lowest BCUT2D eigenvalue weighted by molar-refractivity contribution is -0.181. The van der Waals surface area contributed by atoms with Crippen molar-refractivity contribution in [2.45, 2.75) is 51.6 Å². The summed E-state index contributed by atoms with van der Waals surface area (Å²) in [6.07, 6.45) is 2.71. The molecule has 0 saturated carbocycles. The second-order valence-electron chi connectivity index (χ2n) is 8.56. The number of Topliss-reactive ketones (excluding diaryl/α,β-unsaturated/α-hetero) is 1. The number of ketones is 1. The molecule has 0 aromatic heterocycles. The maximum absolute atomic E-state index is 11.9. The van der Waals surface area contributed by atoms with E-state index in [1.807, 2.05) is 48.5 Å². The molecule has 2 atom stereocenters. The maximum Gasteiger partial charge on any atom is 0.166 e. The Bertz CT molecular complexity index is 1160. The zero-order valence-electron chi connectivity index (χ0n) is 19.7. The Kier molecular flexibility index (Phi) is 8.29. The Balaban J connectivity index is 1.49. The number of benzene rings is 3. The topological polar surface area (TPSA) is 91.0 Å². The van der Waals surface area contributed by atoms with Crippen LogP contribution in [0.4, 0.5) is 5.69 Å². The number of phenols is 1. The van der Waals surface area contributed by atoms with Crippen molar-refractivity contribution in [1.82, 2.24) is 0 Å². The molecule has 1 aliphatic rings. The summed E-state index contributed by atoms with van der Waals surface area (Å²) in [6.45, 7) is 2.68. The molecular weight excluding hydrogens is 466 g/mol. The molecule has 0 spiro atoms. The summed E-state index contributed by atoms with van der Waals surface area (Å²) in [5.41, 5.74) is 9.77. The van der Waals surface area contributed by atoms with Crippen molar-refractivity contribution in [3.63, 3.8) is 0 Å². The highest BCUT2D eigenvalue weighted by molar-refractivity contribution is 6.34. The second kappa shape index (κ2) is 11.6. The molecular formula is C28H30ClNO5. The Morgan fingerprint density at radius 3 is 2.63 bits per heavy atom.